The maximum absolute atomic E-state index is 13.0. The Labute approximate surface area is 151 Å². The van der Waals surface area contributed by atoms with E-state index in [1.807, 2.05) is 24.3 Å². The number of nitrogens with zero attached hydrogens (tertiary/aromatic N) is 1. The predicted octanol–water partition coefficient (Wildman–Crippen LogP) is 2.55. The van der Waals surface area contributed by atoms with Crippen molar-refractivity contribution in [1.29, 1.82) is 0 Å². The van der Waals surface area contributed by atoms with Crippen LogP contribution in [0.5, 0.6) is 5.75 Å². The lowest BCUT2D eigenvalue weighted by Crippen LogP contribution is -2.34. The number of benzene rings is 2. The summed E-state index contributed by atoms with van der Waals surface area (Å²) >= 11 is 0. The van der Waals surface area contributed by atoms with E-state index < -0.39 is 5.92 Å². The highest BCUT2D eigenvalue weighted by Gasteiger charge is 2.34. The lowest BCUT2D eigenvalue weighted by Gasteiger charge is -2.16. The van der Waals surface area contributed by atoms with Gasteiger partial charge in [-0.15, -0.1) is 0 Å². The second-order valence-electron chi connectivity index (χ2n) is 6.23. The van der Waals surface area contributed by atoms with E-state index in [1.54, 1.807) is 19.2 Å². The molecule has 5 nitrogen and oxygen atoms in total. The minimum absolute atomic E-state index is 0.124. The molecule has 0 aromatic heterocycles. The summed E-state index contributed by atoms with van der Waals surface area (Å²) in [6, 6.07) is 13.4. The Balaban J connectivity index is 1.54. The van der Waals surface area contributed by atoms with E-state index in [4.69, 9.17) is 4.74 Å². The van der Waals surface area contributed by atoms with Crippen molar-refractivity contribution in [3.05, 3.63) is 59.9 Å². The number of ether oxygens (including phenoxy) is 1. The summed E-state index contributed by atoms with van der Waals surface area (Å²) in [5, 5.41) is 2.89. The number of hydrogen-bond donors (Lipinski definition) is 1. The van der Waals surface area contributed by atoms with Crippen molar-refractivity contribution in [3.63, 3.8) is 0 Å². The molecule has 2 amide bonds. The second-order valence-corrected chi connectivity index (χ2v) is 6.23. The molecule has 0 radical (unpaired) electrons. The van der Waals surface area contributed by atoms with Crippen LogP contribution in [-0.2, 0) is 16.0 Å². The fraction of sp³-hybridized carbons (Fsp3) is 0.300. The van der Waals surface area contributed by atoms with Gasteiger partial charge in [-0.2, -0.15) is 0 Å². The average molecular weight is 356 g/mol. The summed E-state index contributed by atoms with van der Waals surface area (Å²) in [7, 11) is 1.62. The van der Waals surface area contributed by atoms with Crippen LogP contribution in [0.4, 0.5) is 10.1 Å². The quantitative estimate of drug-likeness (QED) is 0.865. The normalized spacial score (nSPS) is 16.6. The van der Waals surface area contributed by atoms with Crippen LogP contribution < -0.4 is 15.0 Å². The van der Waals surface area contributed by atoms with Crippen LogP contribution in [0.3, 0.4) is 0 Å². The molecule has 0 bridgehead atoms. The van der Waals surface area contributed by atoms with E-state index in [9.17, 15) is 14.0 Å². The Kier molecular flexibility index (Phi) is 5.51. The number of rotatable bonds is 6. The number of carbonyl (C=O) groups is 2. The number of methoxy groups -OCH3 is 1. The lowest BCUT2D eigenvalue weighted by atomic mass is 10.1. The maximum atomic E-state index is 13.0. The van der Waals surface area contributed by atoms with Crippen LogP contribution >= 0.6 is 0 Å². The molecule has 0 aliphatic carbocycles. The van der Waals surface area contributed by atoms with E-state index in [2.05, 4.69) is 5.32 Å². The zero-order valence-corrected chi connectivity index (χ0v) is 14.6. The first-order valence-electron chi connectivity index (χ1n) is 8.54. The second kappa shape index (κ2) is 7.99. The number of anilines is 1. The van der Waals surface area contributed by atoms with Gasteiger partial charge >= 0.3 is 0 Å². The fourth-order valence-electron chi connectivity index (χ4n) is 3.13. The SMILES string of the molecule is COc1ccccc1CCNC(=O)C1CC(=O)N(c2ccc(F)cc2)C1. The van der Waals surface area contributed by atoms with E-state index in [0.717, 1.165) is 11.3 Å². The van der Waals surface area contributed by atoms with Gasteiger partial charge < -0.3 is 15.0 Å². The van der Waals surface area contributed by atoms with Crippen LogP contribution in [0.15, 0.2) is 48.5 Å². The van der Waals surface area contributed by atoms with Crippen LogP contribution in [0.1, 0.15) is 12.0 Å². The van der Waals surface area contributed by atoms with E-state index in [1.165, 1.54) is 17.0 Å². The van der Waals surface area contributed by atoms with Crippen molar-refractivity contribution in [3.8, 4) is 5.75 Å². The predicted molar refractivity (Wildman–Crippen MR) is 96.6 cm³/mol. The Morgan fingerprint density at radius 3 is 2.69 bits per heavy atom. The molecule has 1 saturated heterocycles. The highest BCUT2D eigenvalue weighted by atomic mass is 19.1. The molecule has 0 saturated carbocycles. The fourth-order valence-corrected chi connectivity index (χ4v) is 3.13. The van der Waals surface area contributed by atoms with Crippen molar-refractivity contribution < 1.29 is 18.7 Å². The molecule has 1 heterocycles. The minimum atomic E-state index is -0.398. The molecule has 2 aromatic rings. The monoisotopic (exact) mass is 356 g/mol. The first-order chi connectivity index (χ1) is 12.6. The molecule has 1 atom stereocenters. The third-order valence-electron chi connectivity index (χ3n) is 4.52. The number of nitrogens with one attached hydrogen (secondary N) is 1. The summed E-state index contributed by atoms with van der Waals surface area (Å²) in [6.07, 6.45) is 0.815. The van der Waals surface area contributed by atoms with Gasteiger partial charge in [0.25, 0.3) is 0 Å². The number of hydrogen-bond acceptors (Lipinski definition) is 3. The van der Waals surface area contributed by atoms with E-state index >= 15 is 0 Å². The molecule has 1 unspecified atom stereocenters. The topological polar surface area (TPSA) is 58.6 Å². The zero-order valence-electron chi connectivity index (χ0n) is 14.6. The number of carbonyl (C=O) groups excluding carboxylic acids is 2. The zero-order chi connectivity index (χ0) is 18.5. The van der Waals surface area contributed by atoms with Crippen molar-refractivity contribution >= 4 is 17.5 Å². The van der Waals surface area contributed by atoms with Crippen LogP contribution in [0.25, 0.3) is 0 Å². The van der Waals surface area contributed by atoms with Gasteiger partial charge in [-0.05, 0) is 42.3 Å². The molecule has 1 aliphatic rings. The van der Waals surface area contributed by atoms with Crippen molar-refractivity contribution in [1.82, 2.24) is 5.32 Å². The molecule has 136 valence electrons. The minimum Gasteiger partial charge on any atom is -0.496 e. The summed E-state index contributed by atoms with van der Waals surface area (Å²) in [5.41, 5.74) is 1.63. The van der Waals surface area contributed by atoms with Crippen LogP contribution in [0.2, 0.25) is 0 Å². The molecular weight excluding hydrogens is 335 g/mol. The Morgan fingerprint density at radius 1 is 1.23 bits per heavy atom. The molecule has 3 rings (SSSR count). The van der Waals surface area contributed by atoms with Crippen molar-refractivity contribution in [2.24, 2.45) is 5.92 Å². The van der Waals surface area contributed by atoms with E-state index in [-0.39, 0.29) is 24.1 Å². The summed E-state index contributed by atoms with van der Waals surface area (Å²) < 4.78 is 18.3. The summed E-state index contributed by atoms with van der Waals surface area (Å²) in [5.74, 6) is -0.226. The van der Waals surface area contributed by atoms with Gasteiger partial charge in [-0.25, -0.2) is 4.39 Å². The molecule has 1 N–H and O–H groups in total. The van der Waals surface area contributed by atoms with Crippen LogP contribution in [0, 0.1) is 11.7 Å². The maximum Gasteiger partial charge on any atom is 0.227 e. The van der Waals surface area contributed by atoms with Gasteiger partial charge in [-0.1, -0.05) is 18.2 Å². The summed E-state index contributed by atoms with van der Waals surface area (Å²) in [4.78, 5) is 26.1. The Morgan fingerprint density at radius 2 is 1.96 bits per heavy atom. The molecule has 0 spiro atoms. The van der Waals surface area contributed by atoms with Crippen molar-refractivity contribution in [2.75, 3.05) is 25.1 Å². The van der Waals surface area contributed by atoms with Gasteiger partial charge in [0.15, 0.2) is 0 Å². The Hall–Kier alpha value is -2.89. The third kappa shape index (κ3) is 4.02. The molecule has 1 aliphatic heterocycles. The first kappa shape index (κ1) is 17.9. The Bertz CT molecular complexity index is 792. The van der Waals surface area contributed by atoms with Gasteiger partial charge in [0.05, 0.1) is 13.0 Å². The standard InChI is InChI=1S/C20H21FN2O3/c1-26-18-5-3-2-4-14(18)10-11-22-20(25)15-12-19(24)23(13-15)17-8-6-16(21)7-9-17/h2-9,15H,10-13H2,1H3,(H,22,25). The van der Waals surface area contributed by atoms with Crippen LogP contribution in [-0.4, -0.2) is 32.0 Å². The largest absolute Gasteiger partial charge is 0.496 e. The van der Waals surface area contributed by atoms with Gasteiger partial charge in [0.2, 0.25) is 11.8 Å². The molecule has 26 heavy (non-hydrogen) atoms. The molecular formula is C20H21FN2O3. The third-order valence-corrected chi connectivity index (χ3v) is 4.52. The molecule has 1 fully saturated rings. The summed E-state index contributed by atoms with van der Waals surface area (Å²) in [6.45, 7) is 0.783. The molecule has 2 aromatic carbocycles. The van der Waals surface area contributed by atoms with Gasteiger partial charge in [-0.3, -0.25) is 9.59 Å². The smallest absolute Gasteiger partial charge is 0.227 e. The average Bonchev–Trinajstić information content (AvgIpc) is 3.04. The lowest BCUT2D eigenvalue weighted by molar-refractivity contribution is -0.126. The van der Waals surface area contributed by atoms with E-state index in [0.29, 0.717) is 25.2 Å². The van der Waals surface area contributed by atoms with Crippen molar-refractivity contribution in [2.45, 2.75) is 12.8 Å². The van der Waals surface area contributed by atoms with Gasteiger partial charge in [0.1, 0.15) is 11.6 Å². The number of halogens is 1. The number of amides is 2. The molecule has 6 heteroatoms. The highest BCUT2D eigenvalue weighted by Crippen LogP contribution is 2.25. The first-order valence-corrected chi connectivity index (χ1v) is 8.54. The highest BCUT2D eigenvalue weighted by molar-refractivity contribution is 6.00. The van der Waals surface area contributed by atoms with Gasteiger partial charge in [0, 0.05) is 25.2 Å². The number of para-hydroxylation sites is 1.